The molecule has 0 bridgehead atoms. The van der Waals surface area contributed by atoms with Crippen molar-refractivity contribution >= 4 is 11.5 Å². The van der Waals surface area contributed by atoms with Crippen molar-refractivity contribution in [2.45, 2.75) is 32.7 Å². The fourth-order valence-electron chi connectivity index (χ4n) is 1.93. The molecule has 0 amide bonds. The molecule has 0 aliphatic heterocycles. The number of aryl methyl sites for hydroxylation is 2. The van der Waals surface area contributed by atoms with Crippen molar-refractivity contribution in [1.29, 1.82) is 0 Å². The van der Waals surface area contributed by atoms with Crippen LogP contribution in [0.15, 0.2) is 24.3 Å². The van der Waals surface area contributed by atoms with Gasteiger partial charge in [-0.1, -0.05) is 47.7 Å². The van der Waals surface area contributed by atoms with E-state index in [2.05, 4.69) is 53.1 Å². The van der Waals surface area contributed by atoms with Gasteiger partial charge in [-0.05, 0) is 30.4 Å². The maximum atomic E-state index is 5.70. The first kappa shape index (κ1) is 13.1. The molecule has 2 rings (SSSR count). The second kappa shape index (κ2) is 6.04. The Bertz CT molecular complexity index is 492. The second-order valence-electron chi connectivity index (χ2n) is 4.34. The molecule has 0 aliphatic carbocycles. The maximum absolute atomic E-state index is 5.70. The summed E-state index contributed by atoms with van der Waals surface area (Å²) in [7, 11) is 0. The SMILES string of the molecule is CCCc1nnsc1C(NN)c1ccc(C)cc1. The highest BCUT2D eigenvalue weighted by molar-refractivity contribution is 7.05. The van der Waals surface area contributed by atoms with E-state index >= 15 is 0 Å². The molecule has 0 spiro atoms. The monoisotopic (exact) mass is 262 g/mol. The third-order valence-corrected chi connectivity index (χ3v) is 3.74. The molecule has 1 unspecified atom stereocenters. The van der Waals surface area contributed by atoms with Crippen LogP contribution in [0.25, 0.3) is 0 Å². The van der Waals surface area contributed by atoms with E-state index in [-0.39, 0.29) is 6.04 Å². The third kappa shape index (κ3) is 2.75. The predicted molar refractivity (Wildman–Crippen MR) is 74.2 cm³/mol. The van der Waals surface area contributed by atoms with E-state index in [1.54, 1.807) is 0 Å². The third-order valence-electron chi connectivity index (χ3n) is 2.91. The van der Waals surface area contributed by atoms with Crippen molar-refractivity contribution in [3.8, 4) is 0 Å². The normalized spacial score (nSPS) is 12.6. The minimum absolute atomic E-state index is 0.0212. The van der Waals surface area contributed by atoms with Crippen LogP contribution in [0.5, 0.6) is 0 Å². The molecule has 3 N–H and O–H groups in total. The van der Waals surface area contributed by atoms with Gasteiger partial charge in [0, 0.05) is 0 Å². The van der Waals surface area contributed by atoms with E-state index in [0.29, 0.717) is 0 Å². The Labute approximate surface area is 111 Å². The lowest BCUT2D eigenvalue weighted by Crippen LogP contribution is -2.28. The molecule has 0 saturated heterocycles. The lowest BCUT2D eigenvalue weighted by Gasteiger charge is -2.15. The highest BCUT2D eigenvalue weighted by atomic mass is 32.1. The number of nitrogens with zero attached hydrogens (tertiary/aromatic N) is 2. The van der Waals surface area contributed by atoms with Gasteiger partial charge >= 0.3 is 0 Å². The van der Waals surface area contributed by atoms with Crippen LogP contribution in [0.4, 0.5) is 0 Å². The molecule has 18 heavy (non-hydrogen) atoms. The Morgan fingerprint density at radius 2 is 2.06 bits per heavy atom. The Balaban J connectivity index is 2.32. The molecule has 96 valence electrons. The van der Waals surface area contributed by atoms with Crippen LogP contribution in [0, 0.1) is 6.92 Å². The zero-order valence-electron chi connectivity index (χ0n) is 10.7. The molecular weight excluding hydrogens is 244 g/mol. The van der Waals surface area contributed by atoms with Crippen LogP contribution in [-0.4, -0.2) is 9.59 Å². The number of hydrazine groups is 1. The molecule has 1 heterocycles. The molecule has 1 aromatic carbocycles. The average Bonchev–Trinajstić information content (AvgIpc) is 2.82. The maximum Gasteiger partial charge on any atom is 0.0837 e. The highest BCUT2D eigenvalue weighted by Gasteiger charge is 2.19. The lowest BCUT2D eigenvalue weighted by molar-refractivity contribution is 0.636. The first-order chi connectivity index (χ1) is 8.76. The molecule has 4 nitrogen and oxygen atoms in total. The molecular formula is C13H18N4S. The fraction of sp³-hybridized carbons (Fsp3) is 0.385. The Morgan fingerprint density at radius 1 is 1.33 bits per heavy atom. The summed E-state index contributed by atoms with van der Waals surface area (Å²) in [5.74, 6) is 5.70. The standard InChI is InChI=1S/C13H18N4S/c1-3-4-11-13(18-17-16-11)12(15-14)10-7-5-9(2)6-8-10/h5-8,12,15H,3-4,14H2,1-2H3. The number of aromatic nitrogens is 2. The van der Waals surface area contributed by atoms with Gasteiger partial charge in [0.1, 0.15) is 0 Å². The molecule has 0 saturated carbocycles. The molecule has 2 aromatic rings. The first-order valence-electron chi connectivity index (χ1n) is 6.10. The zero-order chi connectivity index (χ0) is 13.0. The fourth-order valence-corrected chi connectivity index (χ4v) is 2.71. The van der Waals surface area contributed by atoms with Crippen molar-refractivity contribution in [3.63, 3.8) is 0 Å². The van der Waals surface area contributed by atoms with Crippen molar-refractivity contribution in [1.82, 2.24) is 15.0 Å². The molecule has 0 fully saturated rings. The Kier molecular flexibility index (Phi) is 4.41. The van der Waals surface area contributed by atoms with Gasteiger partial charge < -0.3 is 0 Å². The van der Waals surface area contributed by atoms with Gasteiger partial charge in [0.2, 0.25) is 0 Å². The molecule has 5 heteroatoms. The van der Waals surface area contributed by atoms with Crippen LogP contribution < -0.4 is 11.3 Å². The van der Waals surface area contributed by atoms with Crippen molar-refractivity contribution in [2.75, 3.05) is 0 Å². The van der Waals surface area contributed by atoms with E-state index in [4.69, 9.17) is 5.84 Å². The zero-order valence-corrected chi connectivity index (χ0v) is 11.5. The van der Waals surface area contributed by atoms with E-state index in [1.165, 1.54) is 17.1 Å². The van der Waals surface area contributed by atoms with Crippen molar-refractivity contribution in [3.05, 3.63) is 46.0 Å². The molecule has 0 radical (unpaired) electrons. The molecule has 0 aliphatic rings. The van der Waals surface area contributed by atoms with Crippen LogP contribution in [0.1, 0.15) is 41.1 Å². The molecule has 1 atom stereocenters. The summed E-state index contributed by atoms with van der Waals surface area (Å²) >= 11 is 1.42. The molecule has 1 aromatic heterocycles. The van der Waals surface area contributed by atoms with Crippen molar-refractivity contribution in [2.24, 2.45) is 5.84 Å². The summed E-state index contributed by atoms with van der Waals surface area (Å²) in [4.78, 5) is 1.11. The summed E-state index contributed by atoms with van der Waals surface area (Å²) in [5, 5.41) is 4.19. The van der Waals surface area contributed by atoms with Gasteiger partial charge in [0.25, 0.3) is 0 Å². The highest BCUT2D eigenvalue weighted by Crippen LogP contribution is 2.27. The minimum Gasteiger partial charge on any atom is -0.271 e. The number of hydrogen-bond donors (Lipinski definition) is 2. The van der Waals surface area contributed by atoms with Gasteiger partial charge in [-0.2, -0.15) is 0 Å². The quantitative estimate of drug-likeness (QED) is 0.641. The van der Waals surface area contributed by atoms with E-state index in [1.807, 2.05) is 0 Å². The first-order valence-corrected chi connectivity index (χ1v) is 6.87. The minimum atomic E-state index is -0.0212. The Morgan fingerprint density at radius 3 is 2.67 bits per heavy atom. The largest absolute Gasteiger partial charge is 0.271 e. The van der Waals surface area contributed by atoms with Gasteiger partial charge in [-0.3, -0.25) is 5.84 Å². The van der Waals surface area contributed by atoms with Gasteiger partial charge in [-0.15, -0.1) is 5.10 Å². The number of benzene rings is 1. The number of hydrogen-bond acceptors (Lipinski definition) is 5. The predicted octanol–water partition coefficient (Wildman–Crippen LogP) is 2.35. The summed E-state index contributed by atoms with van der Waals surface area (Å²) < 4.78 is 4.05. The van der Waals surface area contributed by atoms with E-state index in [9.17, 15) is 0 Å². The number of nitrogens with two attached hydrogens (primary N) is 1. The summed E-state index contributed by atoms with van der Waals surface area (Å²) in [6.07, 6.45) is 2.00. The second-order valence-corrected chi connectivity index (χ2v) is 5.13. The summed E-state index contributed by atoms with van der Waals surface area (Å²) in [5.41, 5.74) is 6.30. The van der Waals surface area contributed by atoms with Crippen LogP contribution in [0.3, 0.4) is 0 Å². The Hall–Kier alpha value is -1.30. The summed E-state index contributed by atoms with van der Waals surface area (Å²) in [6.45, 7) is 4.21. The smallest absolute Gasteiger partial charge is 0.0837 e. The summed E-state index contributed by atoms with van der Waals surface area (Å²) in [6, 6.07) is 8.35. The average molecular weight is 262 g/mol. The lowest BCUT2D eigenvalue weighted by atomic mass is 10.0. The number of rotatable bonds is 5. The topological polar surface area (TPSA) is 63.8 Å². The van der Waals surface area contributed by atoms with E-state index < -0.39 is 0 Å². The van der Waals surface area contributed by atoms with Gasteiger partial charge in [0.05, 0.1) is 16.6 Å². The van der Waals surface area contributed by atoms with Crippen molar-refractivity contribution < 1.29 is 0 Å². The van der Waals surface area contributed by atoms with Gasteiger partial charge in [0.15, 0.2) is 0 Å². The van der Waals surface area contributed by atoms with Crippen LogP contribution in [-0.2, 0) is 6.42 Å². The number of nitrogens with one attached hydrogen (secondary N) is 1. The van der Waals surface area contributed by atoms with Gasteiger partial charge in [-0.25, -0.2) is 5.43 Å². The van der Waals surface area contributed by atoms with E-state index in [0.717, 1.165) is 29.0 Å². The van der Waals surface area contributed by atoms with Crippen LogP contribution in [0.2, 0.25) is 0 Å². The van der Waals surface area contributed by atoms with Crippen LogP contribution >= 0.6 is 11.5 Å².